The van der Waals surface area contributed by atoms with Crippen molar-refractivity contribution in [2.75, 3.05) is 0 Å². The standard InChI is InChI=1S/C15H21BrClNS/c1-14(2)9-4-5-15(3,7-9)13(14)18-8-10-6-11(16)12(17)19-10/h6,9,13,18H,4-5,7-8H2,1-3H3. The molecule has 2 saturated carbocycles. The minimum atomic E-state index is 0.422. The van der Waals surface area contributed by atoms with Gasteiger partial charge in [0.25, 0.3) is 0 Å². The van der Waals surface area contributed by atoms with Crippen LogP contribution in [0.25, 0.3) is 0 Å². The largest absolute Gasteiger partial charge is 0.308 e. The Hall–Kier alpha value is 0.430. The zero-order valence-corrected chi connectivity index (χ0v) is 14.9. The molecule has 0 aliphatic heterocycles. The van der Waals surface area contributed by atoms with Gasteiger partial charge in [0, 0.05) is 21.9 Å². The Kier molecular flexibility index (Phi) is 3.57. The third-order valence-corrected chi connectivity index (χ3v) is 7.92. The predicted molar refractivity (Wildman–Crippen MR) is 86.9 cm³/mol. The van der Waals surface area contributed by atoms with Crippen LogP contribution in [0.15, 0.2) is 10.5 Å². The average molecular weight is 363 g/mol. The van der Waals surface area contributed by atoms with E-state index < -0.39 is 0 Å². The van der Waals surface area contributed by atoms with Gasteiger partial charge in [0.05, 0.1) is 0 Å². The Morgan fingerprint density at radius 2 is 2.21 bits per heavy atom. The maximum Gasteiger partial charge on any atom is 0.107 e. The van der Waals surface area contributed by atoms with E-state index in [1.807, 2.05) is 0 Å². The van der Waals surface area contributed by atoms with Crippen molar-refractivity contribution in [1.29, 1.82) is 0 Å². The van der Waals surface area contributed by atoms with Gasteiger partial charge in [0.15, 0.2) is 0 Å². The van der Waals surface area contributed by atoms with Gasteiger partial charge in [-0.15, -0.1) is 11.3 Å². The SMILES string of the molecule is CC12CCC(C1)C(C)(C)C2NCc1cc(Br)c(Cl)s1. The number of halogens is 2. The summed E-state index contributed by atoms with van der Waals surface area (Å²) in [5.41, 5.74) is 0.914. The summed E-state index contributed by atoms with van der Waals surface area (Å²) in [7, 11) is 0. The lowest BCUT2D eigenvalue weighted by atomic mass is 9.68. The molecular weight excluding hydrogens is 342 g/mol. The van der Waals surface area contributed by atoms with E-state index >= 15 is 0 Å². The molecule has 3 atom stereocenters. The second-order valence-corrected chi connectivity index (χ2v) is 9.66. The molecular formula is C15H21BrClNS. The summed E-state index contributed by atoms with van der Waals surface area (Å²) in [6.07, 6.45) is 4.19. The van der Waals surface area contributed by atoms with Gasteiger partial charge in [-0.3, -0.25) is 0 Å². The van der Waals surface area contributed by atoms with Gasteiger partial charge in [0.1, 0.15) is 4.34 Å². The number of hydrogen-bond acceptors (Lipinski definition) is 2. The minimum absolute atomic E-state index is 0.422. The Balaban J connectivity index is 1.73. The van der Waals surface area contributed by atoms with Crippen LogP contribution in [0.4, 0.5) is 0 Å². The van der Waals surface area contributed by atoms with Crippen molar-refractivity contribution >= 4 is 38.9 Å². The average Bonchev–Trinajstić information content (AvgIpc) is 2.89. The summed E-state index contributed by atoms with van der Waals surface area (Å²) in [6, 6.07) is 2.76. The van der Waals surface area contributed by atoms with E-state index in [0.29, 0.717) is 16.9 Å². The van der Waals surface area contributed by atoms with Gasteiger partial charge in [-0.05, 0) is 58.0 Å². The maximum absolute atomic E-state index is 6.12. The minimum Gasteiger partial charge on any atom is -0.308 e. The van der Waals surface area contributed by atoms with E-state index in [9.17, 15) is 0 Å². The molecule has 106 valence electrons. The first-order chi connectivity index (χ1) is 8.83. The first-order valence-corrected chi connectivity index (χ1v) is 8.99. The third-order valence-electron chi connectivity index (χ3n) is 5.45. The Bertz CT molecular complexity index is 474. The fourth-order valence-corrected chi connectivity index (χ4v) is 6.23. The molecule has 19 heavy (non-hydrogen) atoms. The van der Waals surface area contributed by atoms with Crippen LogP contribution in [0.5, 0.6) is 0 Å². The quantitative estimate of drug-likeness (QED) is 0.752. The van der Waals surface area contributed by atoms with Crippen LogP contribution in [0, 0.1) is 16.7 Å². The summed E-state index contributed by atoms with van der Waals surface area (Å²) >= 11 is 11.3. The molecule has 0 spiro atoms. The second-order valence-electron chi connectivity index (χ2n) is 7.06. The van der Waals surface area contributed by atoms with E-state index in [4.69, 9.17) is 11.6 Å². The molecule has 1 aromatic rings. The third kappa shape index (κ3) is 2.31. The van der Waals surface area contributed by atoms with E-state index in [1.165, 1.54) is 24.1 Å². The molecule has 0 amide bonds. The topological polar surface area (TPSA) is 12.0 Å². The molecule has 3 rings (SSSR count). The van der Waals surface area contributed by atoms with Crippen molar-refractivity contribution in [3.05, 3.63) is 19.8 Å². The van der Waals surface area contributed by atoms with Gasteiger partial charge in [-0.25, -0.2) is 0 Å². The number of rotatable bonds is 3. The predicted octanol–water partition coefficient (Wildman–Crippen LogP) is 5.47. The molecule has 2 aliphatic carbocycles. The van der Waals surface area contributed by atoms with Crippen LogP contribution in [-0.4, -0.2) is 6.04 Å². The van der Waals surface area contributed by atoms with Crippen LogP contribution >= 0.6 is 38.9 Å². The number of thiophene rings is 1. The van der Waals surface area contributed by atoms with Crippen molar-refractivity contribution < 1.29 is 0 Å². The zero-order chi connectivity index (χ0) is 13.8. The van der Waals surface area contributed by atoms with Gasteiger partial charge in [0.2, 0.25) is 0 Å². The van der Waals surface area contributed by atoms with E-state index in [-0.39, 0.29) is 0 Å². The summed E-state index contributed by atoms with van der Waals surface area (Å²) in [5.74, 6) is 0.897. The van der Waals surface area contributed by atoms with Crippen molar-refractivity contribution in [2.45, 2.75) is 52.6 Å². The number of nitrogens with one attached hydrogen (secondary N) is 1. The molecule has 1 nitrogen and oxygen atoms in total. The van der Waals surface area contributed by atoms with Crippen LogP contribution in [-0.2, 0) is 6.54 Å². The molecule has 2 fully saturated rings. The molecule has 0 aromatic carbocycles. The highest BCUT2D eigenvalue weighted by Crippen LogP contribution is 2.62. The Morgan fingerprint density at radius 1 is 1.47 bits per heavy atom. The zero-order valence-electron chi connectivity index (χ0n) is 11.7. The van der Waals surface area contributed by atoms with Crippen molar-refractivity contribution in [3.8, 4) is 0 Å². The second kappa shape index (κ2) is 4.72. The number of fused-ring (bicyclic) bond motifs is 2. The summed E-state index contributed by atoms with van der Waals surface area (Å²) in [5, 5.41) is 3.83. The maximum atomic E-state index is 6.12. The molecule has 1 aromatic heterocycles. The summed E-state index contributed by atoms with van der Waals surface area (Å²) in [4.78, 5) is 1.32. The lowest BCUT2D eigenvalue weighted by Crippen LogP contribution is -2.49. The van der Waals surface area contributed by atoms with Crippen LogP contribution in [0.3, 0.4) is 0 Å². The molecule has 3 unspecified atom stereocenters. The van der Waals surface area contributed by atoms with Gasteiger partial charge in [-0.2, -0.15) is 0 Å². The molecule has 0 saturated heterocycles. The van der Waals surface area contributed by atoms with E-state index in [2.05, 4.69) is 48.1 Å². The smallest absolute Gasteiger partial charge is 0.107 e. The summed E-state index contributed by atoms with van der Waals surface area (Å²) in [6.45, 7) is 8.29. The number of hydrogen-bond donors (Lipinski definition) is 1. The fourth-order valence-electron chi connectivity index (χ4n) is 4.49. The van der Waals surface area contributed by atoms with Crippen LogP contribution in [0.1, 0.15) is 44.9 Å². The highest BCUT2D eigenvalue weighted by atomic mass is 79.9. The lowest BCUT2D eigenvalue weighted by Gasteiger charge is -2.43. The molecule has 0 radical (unpaired) electrons. The Labute approximate surface area is 133 Å². The molecule has 1 heterocycles. The molecule has 1 N–H and O–H groups in total. The van der Waals surface area contributed by atoms with Crippen molar-refractivity contribution in [1.82, 2.24) is 5.32 Å². The van der Waals surface area contributed by atoms with Crippen LogP contribution < -0.4 is 5.32 Å². The van der Waals surface area contributed by atoms with Gasteiger partial charge >= 0.3 is 0 Å². The lowest BCUT2D eigenvalue weighted by molar-refractivity contribution is 0.108. The van der Waals surface area contributed by atoms with Crippen molar-refractivity contribution in [2.24, 2.45) is 16.7 Å². The first-order valence-electron chi connectivity index (χ1n) is 7.00. The Morgan fingerprint density at radius 3 is 2.74 bits per heavy atom. The summed E-state index contributed by atoms with van der Waals surface area (Å²) < 4.78 is 1.88. The molecule has 2 bridgehead atoms. The fraction of sp³-hybridized carbons (Fsp3) is 0.733. The highest BCUT2D eigenvalue weighted by Gasteiger charge is 2.58. The van der Waals surface area contributed by atoms with Crippen molar-refractivity contribution in [3.63, 3.8) is 0 Å². The highest BCUT2D eigenvalue weighted by molar-refractivity contribution is 9.10. The monoisotopic (exact) mass is 361 g/mol. The molecule has 4 heteroatoms. The van der Waals surface area contributed by atoms with Crippen LogP contribution in [0.2, 0.25) is 4.34 Å². The van der Waals surface area contributed by atoms with E-state index in [0.717, 1.165) is 21.3 Å². The van der Waals surface area contributed by atoms with E-state index in [1.54, 1.807) is 11.3 Å². The van der Waals surface area contributed by atoms with Gasteiger partial charge in [-0.1, -0.05) is 32.4 Å². The molecule has 2 aliphatic rings. The first kappa shape index (κ1) is 14.4. The normalized spacial score (nSPS) is 36.1. The van der Waals surface area contributed by atoms with Gasteiger partial charge < -0.3 is 5.32 Å².